The molecule has 0 radical (unpaired) electrons. The Bertz CT molecular complexity index is 963. The van der Waals surface area contributed by atoms with Crippen LogP contribution in [-0.2, 0) is 4.79 Å². The van der Waals surface area contributed by atoms with Gasteiger partial charge in [-0.1, -0.05) is 37.7 Å². The number of amides is 1. The maximum absolute atomic E-state index is 12.7. The number of hydrogen-bond donors (Lipinski definition) is 0. The molecule has 1 fully saturated rings. The summed E-state index contributed by atoms with van der Waals surface area (Å²) in [6.45, 7) is 7.56. The lowest BCUT2D eigenvalue weighted by Crippen LogP contribution is -2.49. The summed E-state index contributed by atoms with van der Waals surface area (Å²) in [6, 6.07) is 12.6. The SMILES string of the molecule is CC(C)c1ccc(-n2ccnc2SCC(=O)N2CCN(c3ccncc3)CC2)cc1. The molecule has 3 heterocycles. The molecule has 0 aliphatic carbocycles. The van der Waals surface area contributed by atoms with E-state index in [1.165, 1.54) is 17.3 Å². The summed E-state index contributed by atoms with van der Waals surface area (Å²) >= 11 is 1.50. The van der Waals surface area contributed by atoms with Crippen LogP contribution in [0.15, 0.2) is 66.3 Å². The molecule has 7 heteroatoms. The lowest BCUT2D eigenvalue weighted by molar-refractivity contribution is -0.128. The van der Waals surface area contributed by atoms with Crippen LogP contribution in [0.2, 0.25) is 0 Å². The highest BCUT2D eigenvalue weighted by atomic mass is 32.2. The summed E-state index contributed by atoms with van der Waals surface area (Å²) in [5.41, 5.74) is 3.55. The summed E-state index contributed by atoms with van der Waals surface area (Å²) in [6.07, 6.45) is 7.35. The van der Waals surface area contributed by atoms with Crippen LogP contribution in [0, 0.1) is 0 Å². The second-order valence-electron chi connectivity index (χ2n) is 7.69. The molecule has 0 spiro atoms. The number of aromatic nitrogens is 3. The van der Waals surface area contributed by atoms with Crippen LogP contribution in [0.1, 0.15) is 25.3 Å². The number of carbonyl (C=O) groups is 1. The summed E-state index contributed by atoms with van der Waals surface area (Å²) in [7, 11) is 0. The number of thioether (sulfide) groups is 1. The molecule has 1 saturated heterocycles. The van der Waals surface area contributed by atoms with E-state index in [1.807, 2.05) is 40.2 Å². The van der Waals surface area contributed by atoms with Crippen molar-refractivity contribution in [3.05, 3.63) is 66.7 Å². The number of anilines is 1. The number of carbonyl (C=O) groups excluding carboxylic acids is 1. The Hall–Kier alpha value is -2.80. The second kappa shape index (κ2) is 9.34. The van der Waals surface area contributed by atoms with Gasteiger partial charge in [0.15, 0.2) is 5.16 Å². The maximum atomic E-state index is 12.7. The molecule has 0 bridgehead atoms. The monoisotopic (exact) mass is 421 g/mol. The van der Waals surface area contributed by atoms with Crippen LogP contribution >= 0.6 is 11.8 Å². The quantitative estimate of drug-likeness (QED) is 0.566. The molecule has 0 N–H and O–H groups in total. The first-order valence-corrected chi connectivity index (χ1v) is 11.3. The highest BCUT2D eigenvalue weighted by molar-refractivity contribution is 7.99. The number of piperazine rings is 1. The van der Waals surface area contributed by atoms with E-state index in [2.05, 4.69) is 53.0 Å². The smallest absolute Gasteiger partial charge is 0.233 e. The van der Waals surface area contributed by atoms with Crippen molar-refractivity contribution in [2.45, 2.75) is 24.9 Å². The fourth-order valence-electron chi connectivity index (χ4n) is 3.60. The summed E-state index contributed by atoms with van der Waals surface area (Å²) in [5.74, 6) is 1.07. The van der Waals surface area contributed by atoms with Gasteiger partial charge in [-0.15, -0.1) is 0 Å². The molecule has 0 saturated carbocycles. The third kappa shape index (κ3) is 4.67. The van der Waals surface area contributed by atoms with Crippen molar-refractivity contribution in [1.82, 2.24) is 19.4 Å². The number of hydrogen-bond acceptors (Lipinski definition) is 5. The van der Waals surface area contributed by atoms with Crippen LogP contribution in [0.5, 0.6) is 0 Å². The zero-order valence-electron chi connectivity index (χ0n) is 17.4. The number of pyridine rings is 1. The van der Waals surface area contributed by atoms with Gasteiger partial charge in [0.05, 0.1) is 5.75 Å². The van der Waals surface area contributed by atoms with Crippen molar-refractivity contribution in [3.8, 4) is 5.69 Å². The predicted molar refractivity (Wildman–Crippen MR) is 121 cm³/mol. The Labute approximate surface area is 181 Å². The number of rotatable bonds is 6. The van der Waals surface area contributed by atoms with E-state index in [4.69, 9.17) is 0 Å². The third-order valence-corrected chi connectivity index (χ3v) is 6.38. The Morgan fingerprint density at radius 3 is 2.33 bits per heavy atom. The van der Waals surface area contributed by atoms with Crippen LogP contribution in [0.25, 0.3) is 5.69 Å². The van der Waals surface area contributed by atoms with Crippen molar-refractivity contribution >= 4 is 23.4 Å². The van der Waals surface area contributed by atoms with Gasteiger partial charge in [-0.25, -0.2) is 4.98 Å². The van der Waals surface area contributed by atoms with Crippen molar-refractivity contribution in [1.29, 1.82) is 0 Å². The first-order valence-electron chi connectivity index (χ1n) is 10.3. The van der Waals surface area contributed by atoms with Gasteiger partial charge in [0.25, 0.3) is 0 Å². The molecule has 2 aromatic heterocycles. The fraction of sp³-hybridized carbons (Fsp3) is 0.348. The van der Waals surface area contributed by atoms with E-state index in [1.54, 1.807) is 6.20 Å². The first-order chi connectivity index (χ1) is 14.6. The minimum Gasteiger partial charge on any atom is -0.368 e. The predicted octanol–water partition coefficient (Wildman–Crippen LogP) is 3.83. The average Bonchev–Trinajstić information content (AvgIpc) is 3.27. The number of benzene rings is 1. The average molecular weight is 422 g/mol. The van der Waals surface area contributed by atoms with Gasteiger partial charge in [-0.05, 0) is 35.7 Å². The largest absolute Gasteiger partial charge is 0.368 e. The molecular weight excluding hydrogens is 394 g/mol. The molecule has 3 aromatic rings. The van der Waals surface area contributed by atoms with Crippen molar-refractivity contribution in [3.63, 3.8) is 0 Å². The Balaban J connectivity index is 1.32. The molecule has 1 aliphatic rings. The van der Waals surface area contributed by atoms with Gasteiger partial charge in [0.2, 0.25) is 5.91 Å². The summed E-state index contributed by atoms with van der Waals surface area (Å²) in [4.78, 5) is 25.5. The minimum atomic E-state index is 0.166. The highest BCUT2D eigenvalue weighted by Gasteiger charge is 2.22. The normalized spacial score (nSPS) is 14.4. The standard InChI is InChI=1S/C23H27N5OS/c1-18(2)19-3-5-21(6-4-19)28-12-11-25-23(28)30-17-22(29)27-15-13-26(14-16-27)20-7-9-24-10-8-20/h3-12,18H,13-17H2,1-2H3. The van der Waals surface area contributed by atoms with E-state index >= 15 is 0 Å². The van der Waals surface area contributed by atoms with Crippen molar-refractivity contribution in [2.75, 3.05) is 36.8 Å². The van der Waals surface area contributed by atoms with E-state index in [9.17, 15) is 4.79 Å². The molecule has 0 unspecified atom stereocenters. The van der Waals surface area contributed by atoms with E-state index in [0.717, 1.165) is 42.7 Å². The molecule has 156 valence electrons. The molecule has 6 nitrogen and oxygen atoms in total. The minimum absolute atomic E-state index is 0.166. The van der Waals surface area contributed by atoms with Gasteiger partial charge >= 0.3 is 0 Å². The Kier molecular flexibility index (Phi) is 6.38. The molecular formula is C23H27N5OS. The van der Waals surface area contributed by atoms with Crippen LogP contribution in [0.4, 0.5) is 5.69 Å². The van der Waals surface area contributed by atoms with Crippen molar-refractivity contribution in [2.24, 2.45) is 0 Å². The molecule has 0 atom stereocenters. The lowest BCUT2D eigenvalue weighted by Gasteiger charge is -2.36. The lowest BCUT2D eigenvalue weighted by atomic mass is 10.0. The van der Waals surface area contributed by atoms with E-state index in [-0.39, 0.29) is 5.91 Å². The first kappa shape index (κ1) is 20.5. The summed E-state index contributed by atoms with van der Waals surface area (Å²) < 4.78 is 2.05. The molecule has 30 heavy (non-hydrogen) atoms. The van der Waals surface area contributed by atoms with Gasteiger partial charge in [-0.2, -0.15) is 0 Å². The summed E-state index contributed by atoms with van der Waals surface area (Å²) in [5, 5.41) is 0.844. The molecule has 1 aliphatic heterocycles. The van der Waals surface area contributed by atoms with E-state index < -0.39 is 0 Å². The molecule has 1 aromatic carbocycles. The van der Waals surface area contributed by atoms with E-state index in [0.29, 0.717) is 11.7 Å². The van der Waals surface area contributed by atoms with Crippen LogP contribution < -0.4 is 4.90 Å². The topological polar surface area (TPSA) is 54.3 Å². The van der Waals surface area contributed by atoms with Crippen molar-refractivity contribution < 1.29 is 4.79 Å². The zero-order chi connectivity index (χ0) is 20.9. The van der Waals surface area contributed by atoms with Gasteiger partial charge < -0.3 is 9.80 Å². The Morgan fingerprint density at radius 2 is 1.67 bits per heavy atom. The van der Waals surface area contributed by atoms with Gasteiger partial charge in [0, 0.05) is 62.3 Å². The molecule has 1 amide bonds. The maximum Gasteiger partial charge on any atom is 0.233 e. The second-order valence-corrected chi connectivity index (χ2v) is 8.63. The molecule has 4 rings (SSSR count). The number of nitrogens with zero attached hydrogens (tertiary/aromatic N) is 5. The van der Waals surface area contributed by atoms with Gasteiger partial charge in [0.1, 0.15) is 0 Å². The van der Waals surface area contributed by atoms with Gasteiger partial charge in [-0.3, -0.25) is 14.3 Å². The highest BCUT2D eigenvalue weighted by Crippen LogP contribution is 2.23. The zero-order valence-corrected chi connectivity index (χ0v) is 18.3. The van der Waals surface area contributed by atoms with Crippen LogP contribution in [0.3, 0.4) is 0 Å². The Morgan fingerprint density at radius 1 is 0.967 bits per heavy atom. The number of imidazole rings is 1. The fourth-order valence-corrected chi connectivity index (χ4v) is 4.48. The third-order valence-electron chi connectivity index (χ3n) is 5.43. The van der Waals surface area contributed by atoms with Crippen LogP contribution in [-0.4, -0.2) is 57.3 Å².